The summed E-state index contributed by atoms with van der Waals surface area (Å²) in [5.74, 6) is 0. The molecule has 0 amide bonds. The summed E-state index contributed by atoms with van der Waals surface area (Å²) in [6, 6.07) is 0. The van der Waals surface area contributed by atoms with Crippen LogP contribution in [0.5, 0.6) is 0 Å². The molecule has 0 atom stereocenters. The van der Waals surface area contributed by atoms with Crippen molar-refractivity contribution < 1.29 is 26.7 Å². The molecule has 0 aromatic carbocycles. The summed E-state index contributed by atoms with van der Waals surface area (Å²) in [5, 5.41) is 7.47. The van der Waals surface area contributed by atoms with Gasteiger partial charge in [0.25, 0.3) is 0 Å². The molecule has 0 rings (SSSR count). The molecule has 0 fully saturated rings. The summed E-state index contributed by atoms with van der Waals surface area (Å²) in [5.41, 5.74) is 0. The molecule has 0 saturated carbocycles. The first-order valence-corrected chi connectivity index (χ1v) is 8.32. The lowest BCUT2D eigenvalue weighted by molar-refractivity contribution is 0.0913. The topological polar surface area (TPSA) is 110 Å². The molecule has 0 aliphatic heterocycles. The van der Waals surface area contributed by atoms with E-state index >= 15 is 0 Å². The predicted octanol–water partition coefficient (Wildman–Crippen LogP) is -1.69. The highest BCUT2D eigenvalue weighted by molar-refractivity contribution is 8.06. The molecule has 0 heterocycles. The number of sulfone groups is 1. The Balaban J connectivity index is 3.76. The average molecular weight is 275 g/mol. The van der Waals surface area contributed by atoms with Crippen molar-refractivity contribution in [3.63, 3.8) is 0 Å². The van der Waals surface area contributed by atoms with Crippen molar-refractivity contribution in [1.82, 2.24) is 4.72 Å². The van der Waals surface area contributed by atoms with Crippen LogP contribution >= 0.6 is 0 Å². The average Bonchev–Trinajstić information content (AvgIpc) is 2.06. The van der Waals surface area contributed by atoms with Gasteiger partial charge in [0, 0.05) is 19.4 Å². The molecule has 0 bridgehead atoms. The molecule has 0 saturated heterocycles. The quantitative estimate of drug-likeness (QED) is 0.486. The van der Waals surface area contributed by atoms with Gasteiger partial charge in [-0.1, -0.05) is 0 Å². The maximum absolute atomic E-state index is 11.2. The molecular weight excluding hydrogens is 258 g/mol. The number of aliphatic hydroxyl groups excluding tert-OH is 1. The molecule has 0 aromatic rings. The molecule has 9 heteroatoms. The molecule has 0 aliphatic rings. The van der Waals surface area contributed by atoms with Crippen molar-refractivity contribution >= 4 is 19.9 Å². The third kappa shape index (κ3) is 10.3. The van der Waals surface area contributed by atoms with Crippen molar-refractivity contribution in [3.05, 3.63) is 0 Å². The molecule has 0 unspecified atom stereocenters. The summed E-state index contributed by atoms with van der Waals surface area (Å²) >= 11 is 0. The fourth-order valence-corrected chi connectivity index (χ4v) is 3.94. The number of sulfonamides is 1. The summed E-state index contributed by atoms with van der Waals surface area (Å²) in [6.45, 7) is 0.543. The summed E-state index contributed by atoms with van der Waals surface area (Å²) < 4.78 is 50.9. The molecular formula is C7H17NO6S2. The van der Waals surface area contributed by atoms with Crippen LogP contribution < -0.4 is 4.72 Å². The third-order valence-electron chi connectivity index (χ3n) is 1.39. The smallest absolute Gasteiger partial charge is 0.226 e. The standard InChI is InChI=1S/C7H17NO6S2/c1-15(10,11)7-16(12,13)8-3-2-5-14-6-4-9/h8-9H,2-7H2,1H3. The molecule has 0 aromatic heterocycles. The molecule has 2 N–H and O–H groups in total. The van der Waals surface area contributed by atoms with Gasteiger partial charge in [-0.25, -0.2) is 21.6 Å². The number of ether oxygens (including phenoxy) is 1. The largest absolute Gasteiger partial charge is 0.394 e. The lowest BCUT2D eigenvalue weighted by Crippen LogP contribution is -2.31. The summed E-state index contributed by atoms with van der Waals surface area (Å²) in [6.07, 6.45) is 1.28. The van der Waals surface area contributed by atoms with E-state index < -0.39 is 24.9 Å². The highest BCUT2D eigenvalue weighted by Gasteiger charge is 2.16. The molecule has 16 heavy (non-hydrogen) atoms. The number of aliphatic hydroxyl groups is 1. The van der Waals surface area contributed by atoms with E-state index in [4.69, 9.17) is 9.84 Å². The SMILES string of the molecule is CS(=O)(=O)CS(=O)(=O)NCCCOCCO. The Morgan fingerprint density at radius 1 is 1.19 bits per heavy atom. The zero-order valence-electron chi connectivity index (χ0n) is 9.05. The first kappa shape index (κ1) is 15.8. The number of nitrogens with one attached hydrogen (secondary N) is 1. The fraction of sp³-hybridized carbons (Fsp3) is 1.00. The maximum atomic E-state index is 11.2. The minimum absolute atomic E-state index is 0.0835. The van der Waals surface area contributed by atoms with Crippen LogP contribution in [0.2, 0.25) is 0 Å². The van der Waals surface area contributed by atoms with Gasteiger partial charge in [-0.15, -0.1) is 0 Å². The van der Waals surface area contributed by atoms with Crippen molar-refractivity contribution in [3.8, 4) is 0 Å². The second kappa shape index (κ2) is 7.17. The van der Waals surface area contributed by atoms with Crippen LogP contribution in [0, 0.1) is 0 Å². The van der Waals surface area contributed by atoms with Crippen molar-refractivity contribution in [1.29, 1.82) is 0 Å². The maximum Gasteiger partial charge on any atom is 0.226 e. The molecule has 7 nitrogen and oxygen atoms in total. The Morgan fingerprint density at radius 3 is 2.31 bits per heavy atom. The van der Waals surface area contributed by atoms with Crippen molar-refractivity contribution in [2.45, 2.75) is 6.42 Å². The van der Waals surface area contributed by atoms with Gasteiger partial charge in [0.05, 0.1) is 13.2 Å². The van der Waals surface area contributed by atoms with Crippen LogP contribution in [0.3, 0.4) is 0 Å². The Kier molecular flexibility index (Phi) is 7.07. The van der Waals surface area contributed by atoms with Crippen LogP contribution in [0.15, 0.2) is 0 Å². The number of rotatable bonds is 9. The van der Waals surface area contributed by atoms with Crippen LogP contribution in [-0.4, -0.2) is 59.6 Å². The van der Waals surface area contributed by atoms with Gasteiger partial charge in [-0.2, -0.15) is 0 Å². The Bertz CT molecular complexity index is 374. The zero-order valence-corrected chi connectivity index (χ0v) is 10.7. The van der Waals surface area contributed by atoms with Crippen LogP contribution in [0.1, 0.15) is 6.42 Å². The third-order valence-corrected chi connectivity index (χ3v) is 4.99. The van der Waals surface area contributed by atoms with Crippen LogP contribution in [0.25, 0.3) is 0 Å². The first-order chi connectivity index (χ1) is 7.27. The highest BCUT2D eigenvalue weighted by Crippen LogP contribution is 1.92. The van der Waals surface area contributed by atoms with E-state index in [0.717, 1.165) is 6.26 Å². The van der Waals surface area contributed by atoms with E-state index in [9.17, 15) is 16.8 Å². The van der Waals surface area contributed by atoms with Gasteiger partial charge in [0.1, 0.15) is 0 Å². The molecule has 0 spiro atoms. The monoisotopic (exact) mass is 275 g/mol. The number of hydrogen-bond donors (Lipinski definition) is 2. The second-order valence-corrected chi connectivity index (χ2v) is 7.55. The van der Waals surface area contributed by atoms with E-state index in [0.29, 0.717) is 13.0 Å². The van der Waals surface area contributed by atoms with Gasteiger partial charge in [-0.3, -0.25) is 0 Å². The van der Waals surface area contributed by atoms with Gasteiger partial charge in [0.15, 0.2) is 14.9 Å². The normalized spacial score (nSPS) is 12.9. The highest BCUT2D eigenvalue weighted by atomic mass is 32.3. The Hall–Kier alpha value is -0.220. The van der Waals surface area contributed by atoms with Crippen molar-refractivity contribution in [2.24, 2.45) is 0 Å². The van der Waals surface area contributed by atoms with Gasteiger partial charge in [0.2, 0.25) is 10.0 Å². The van der Waals surface area contributed by atoms with E-state index in [1.165, 1.54) is 0 Å². The Morgan fingerprint density at radius 2 is 1.81 bits per heavy atom. The Labute approximate surface area is 95.8 Å². The van der Waals surface area contributed by atoms with E-state index in [-0.39, 0.29) is 19.8 Å². The summed E-state index contributed by atoms with van der Waals surface area (Å²) in [7, 11) is -7.32. The lowest BCUT2D eigenvalue weighted by Gasteiger charge is -2.05. The number of hydrogen-bond acceptors (Lipinski definition) is 6. The fourth-order valence-electron chi connectivity index (χ4n) is 0.892. The molecule has 0 radical (unpaired) electrons. The molecule has 0 aliphatic carbocycles. The first-order valence-electron chi connectivity index (χ1n) is 4.60. The minimum Gasteiger partial charge on any atom is -0.394 e. The van der Waals surface area contributed by atoms with Gasteiger partial charge in [-0.05, 0) is 6.42 Å². The predicted molar refractivity (Wildman–Crippen MR) is 59.2 cm³/mol. The van der Waals surface area contributed by atoms with Crippen LogP contribution in [-0.2, 0) is 24.6 Å². The van der Waals surface area contributed by atoms with E-state index in [2.05, 4.69) is 4.72 Å². The lowest BCUT2D eigenvalue weighted by atomic mass is 10.5. The van der Waals surface area contributed by atoms with Gasteiger partial charge < -0.3 is 9.84 Å². The second-order valence-electron chi connectivity index (χ2n) is 3.24. The summed E-state index contributed by atoms with van der Waals surface area (Å²) in [4.78, 5) is 0. The van der Waals surface area contributed by atoms with Crippen molar-refractivity contribution in [2.75, 3.05) is 37.7 Å². The van der Waals surface area contributed by atoms with E-state index in [1.807, 2.05) is 0 Å². The van der Waals surface area contributed by atoms with Gasteiger partial charge >= 0.3 is 0 Å². The van der Waals surface area contributed by atoms with Crippen LogP contribution in [0.4, 0.5) is 0 Å². The van der Waals surface area contributed by atoms with E-state index in [1.54, 1.807) is 0 Å². The molecule has 98 valence electrons. The zero-order chi connectivity index (χ0) is 12.7. The minimum atomic E-state index is -3.77.